The first-order valence-electron chi connectivity index (χ1n) is 8.54. The Balaban J connectivity index is 1.60. The van der Waals surface area contributed by atoms with Crippen LogP contribution in [0.1, 0.15) is 20.8 Å². The zero-order valence-electron chi connectivity index (χ0n) is 14.3. The summed E-state index contributed by atoms with van der Waals surface area (Å²) in [5, 5.41) is 12.0. The molecule has 1 amide bonds. The number of rotatable bonds is 4. The Morgan fingerprint density at radius 1 is 1.11 bits per heavy atom. The van der Waals surface area contributed by atoms with E-state index in [1.54, 1.807) is 18.2 Å². The zero-order valence-corrected chi connectivity index (χ0v) is 15.1. The molecule has 27 heavy (non-hydrogen) atoms. The number of benzene rings is 1. The Morgan fingerprint density at radius 3 is 2.67 bits per heavy atom. The number of fused-ring (bicyclic) bond motifs is 3. The second-order valence-corrected chi connectivity index (χ2v) is 7.30. The van der Waals surface area contributed by atoms with Crippen LogP contribution >= 0.6 is 11.3 Å². The highest BCUT2D eigenvalue weighted by Crippen LogP contribution is 2.40. The maximum absolute atomic E-state index is 12.8. The van der Waals surface area contributed by atoms with Crippen molar-refractivity contribution in [3.8, 4) is 16.5 Å². The molecule has 132 valence electrons. The van der Waals surface area contributed by atoms with Crippen LogP contribution in [0.25, 0.3) is 10.4 Å². The first kappa shape index (κ1) is 17.1. The molecule has 2 heterocycles. The molecule has 0 bridgehead atoms. The lowest BCUT2D eigenvalue weighted by molar-refractivity contribution is -0.117. The lowest BCUT2D eigenvalue weighted by atomic mass is 9.91. The number of Topliss-reactive ketones (excluding diaryl/α,β-unsaturated/α-hetero) is 1. The smallest absolute Gasteiger partial charge is 0.250 e. The molecule has 4 rings (SSSR count). The van der Waals surface area contributed by atoms with Crippen LogP contribution in [-0.4, -0.2) is 16.7 Å². The monoisotopic (exact) mass is 373 g/mol. The molecule has 0 saturated heterocycles. The third-order valence-electron chi connectivity index (χ3n) is 4.55. The summed E-state index contributed by atoms with van der Waals surface area (Å²) in [6.45, 7) is 0. The molecule has 0 fully saturated rings. The minimum absolute atomic E-state index is 0.315. The average Bonchev–Trinajstić information content (AvgIpc) is 3.14. The maximum Gasteiger partial charge on any atom is 0.250 e. The van der Waals surface area contributed by atoms with E-state index in [0.717, 1.165) is 28.8 Å². The predicted octanol–water partition coefficient (Wildman–Crippen LogP) is 3.87. The Kier molecular flexibility index (Phi) is 4.53. The normalized spacial score (nSPS) is 13.0. The van der Waals surface area contributed by atoms with Gasteiger partial charge in [0.25, 0.3) is 5.91 Å². The fraction of sp³-hybridized carbons (Fsp3) is 0.143. The zero-order chi connectivity index (χ0) is 18.8. The van der Waals surface area contributed by atoms with Gasteiger partial charge in [-0.25, -0.2) is 4.98 Å². The van der Waals surface area contributed by atoms with Crippen LogP contribution in [0.3, 0.4) is 0 Å². The molecule has 1 aliphatic carbocycles. The largest absolute Gasteiger partial charge is 0.309 e. The molecular weight excluding hydrogens is 358 g/mol. The summed E-state index contributed by atoms with van der Waals surface area (Å²) in [5.74, 6) is -2.21. The quantitative estimate of drug-likeness (QED) is 0.556. The second-order valence-electron chi connectivity index (χ2n) is 6.25. The van der Waals surface area contributed by atoms with Gasteiger partial charge in [0.2, 0.25) is 0 Å². The molecule has 5 nitrogen and oxygen atoms in total. The Bertz CT molecular complexity index is 1070. The van der Waals surface area contributed by atoms with Gasteiger partial charge in [0.15, 0.2) is 11.7 Å². The van der Waals surface area contributed by atoms with Crippen LogP contribution < -0.4 is 5.32 Å². The first-order chi connectivity index (χ1) is 13.2. The Morgan fingerprint density at radius 2 is 1.89 bits per heavy atom. The van der Waals surface area contributed by atoms with E-state index in [2.05, 4.69) is 16.4 Å². The lowest BCUT2D eigenvalue weighted by Crippen LogP contribution is -2.28. The number of aryl methyl sites for hydroxylation is 2. The van der Waals surface area contributed by atoms with Gasteiger partial charge in [-0.15, -0.1) is 11.3 Å². The number of hydrogen-bond acceptors (Lipinski definition) is 5. The van der Waals surface area contributed by atoms with Crippen molar-refractivity contribution in [3.63, 3.8) is 0 Å². The standard InChI is InChI=1S/C21H15N3O2S/c22-12-16(21(26)24-18-7-3-4-10-23-18)19(25)17-11-14-9-8-13-5-1-2-6-15(13)20(14)27-17/h1-7,10-11,16H,8-9H2,(H,23,24,26)/t16-/m1/s1. The fourth-order valence-corrected chi connectivity index (χ4v) is 4.45. The van der Waals surface area contributed by atoms with Crippen LogP contribution in [0.15, 0.2) is 54.7 Å². The van der Waals surface area contributed by atoms with E-state index in [4.69, 9.17) is 0 Å². The third kappa shape index (κ3) is 3.25. The number of hydrogen-bond donors (Lipinski definition) is 1. The Hall–Kier alpha value is -3.30. The molecule has 1 atom stereocenters. The molecule has 6 heteroatoms. The van der Waals surface area contributed by atoms with Gasteiger partial charge in [-0.3, -0.25) is 9.59 Å². The number of anilines is 1. The number of nitrogens with one attached hydrogen (secondary N) is 1. The van der Waals surface area contributed by atoms with Gasteiger partial charge in [0.1, 0.15) is 5.82 Å². The summed E-state index contributed by atoms with van der Waals surface area (Å²) in [4.78, 5) is 30.8. The molecule has 0 aliphatic heterocycles. The molecule has 0 spiro atoms. The highest BCUT2D eigenvalue weighted by Gasteiger charge is 2.31. The van der Waals surface area contributed by atoms with E-state index in [1.807, 2.05) is 30.3 Å². The van der Waals surface area contributed by atoms with Crippen molar-refractivity contribution >= 4 is 28.8 Å². The van der Waals surface area contributed by atoms with Gasteiger partial charge in [-0.1, -0.05) is 30.3 Å². The van der Waals surface area contributed by atoms with E-state index in [-0.39, 0.29) is 0 Å². The Labute approximate surface area is 160 Å². The summed E-state index contributed by atoms with van der Waals surface area (Å²) in [7, 11) is 0. The first-order valence-corrected chi connectivity index (χ1v) is 9.35. The molecule has 3 aromatic rings. The van der Waals surface area contributed by atoms with E-state index < -0.39 is 17.6 Å². The van der Waals surface area contributed by atoms with Gasteiger partial charge in [-0.2, -0.15) is 5.26 Å². The summed E-state index contributed by atoms with van der Waals surface area (Å²) >= 11 is 1.36. The number of ketones is 1. The van der Waals surface area contributed by atoms with E-state index in [9.17, 15) is 14.9 Å². The van der Waals surface area contributed by atoms with Crippen LogP contribution in [0, 0.1) is 17.2 Å². The average molecular weight is 373 g/mol. The maximum atomic E-state index is 12.8. The predicted molar refractivity (Wildman–Crippen MR) is 103 cm³/mol. The molecule has 1 aromatic carbocycles. The molecule has 1 N–H and O–H groups in total. The van der Waals surface area contributed by atoms with Crippen molar-refractivity contribution in [3.05, 3.63) is 70.7 Å². The molecular formula is C21H15N3O2S. The SMILES string of the molecule is N#C[C@@H](C(=O)Nc1ccccn1)C(=O)c1cc2c(s1)-c1ccccc1CC2. The molecule has 1 aliphatic rings. The van der Waals surface area contributed by atoms with E-state index in [1.165, 1.54) is 23.1 Å². The van der Waals surface area contributed by atoms with Crippen molar-refractivity contribution in [2.24, 2.45) is 5.92 Å². The highest BCUT2D eigenvalue weighted by molar-refractivity contribution is 7.17. The fourth-order valence-electron chi connectivity index (χ4n) is 3.21. The second kappa shape index (κ2) is 7.14. The topological polar surface area (TPSA) is 82.8 Å². The number of carbonyl (C=O) groups excluding carboxylic acids is 2. The minimum Gasteiger partial charge on any atom is -0.309 e. The molecule has 2 aromatic heterocycles. The van der Waals surface area contributed by atoms with Crippen LogP contribution in [0.4, 0.5) is 5.82 Å². The summed E-state index contributed by atoms with van der Waals surface area (Å²) in [6, 6.07) is 16.8. The van der Waals surface area contributed by atoms with Crippen molar-refractivity contribution < 1.29 is 9.59 Å². The van der Waals surface area contributed by atoms with Gasteiger partial charge >= 0.3 is 0 Å². The number of thiophene rings is 1. The van der Waals surface area contributed by atoms with Gasteiger partial charge < -0.3 is 5.32 Å². The van der Waals surface area contributed by atoms with Crippen molar-refractivity contribution in [2.75, 3.05) is 5.32 Å². The highest BCUT2D eigenvalue weighted by atomic mass is 32.1. The summed E-state index contributed by atoms with van der Waals surface area (Å²) in [6.07, 6.45) is 3.31. The van der Waals surface area contributed by atoms with Gasteiger partial charge in [-0.05, 0) is 47.7 Å². The van der Waals surface area contributed by atoms with Crippen molar-refractivity contribution in [1.82, 2.24) is 4.98 Å². The van der Waals surface area contributed by atoms with E-state index >= 15 is 0 Å². The third-order valence-corrected chi connectivity index (χ3v) is 5.77. The van der Waals surface area contributed by atoms with Crippen LogP contribution in [-0.2, 0) is 17.6 Å². The molecule has 0 unspecified atom stereocenters. The van der Waals surface area contributed by atoms with Crippen LogP contribution in [0.5, 0.6) is 0 Å². The van der Waals surface area contributed by atoms with Gasteiger partial charge in [0.05, 0.1) is 10.9 Å². The minimum atomic E-state index is -1.40. The van der Waals surface area contributed by atoms with Crippen LogP contribution in [0.2, 0.25) is 0 Å². The van der Waals surface area contributed by atoms with Crippen molar-refractivity contribution in [2.45, 2.75) is 12.8 Å². The number of amides is 1. The number of nitriles is 1. The van der Waals surface area contributed by atoms with E-state index in [0.29, 0.717) is 10.7 Å². The van der Waals surface area contributed by atoms with Crippen molar-refractivity contribution in [1.29, 1.82) is 5.26 Å². The lowest BCUT2D eigenvalue weighted by Gasteiger charge is -2.15. The number of aromatic nitrogens is 1. The summed E-state index contributed by atoms with van der Waals surface area (Å²) in [5.41, 5.74) is 3.49. The summed E-state index contributed by atoms with van der Waals surface area (Å²) < 4.78 is 0. The number of carbonyl (C=O) groups is 2. The number of pyridine rings is 1. The number of nitrogens with zero attached hydrogens (tertiary/aromatic N) is 2. The molecule has 0 saturated carbocycles. The van der Waals surface area contributed by atoms with Gasteiger partial charge in [0, 0.05) is 11.1 Å². The molecule has 0 radical (unpaired) electrons.